The number of aromatic nitrogens is 1. The molecule has 2 atom stereocenters. The van der Waals surface area contributed by atoms with Crippen LogP contribution < -0.4 is 5.32 Å². The summed E-state index contributed by atoms with van der Waals surface area (Å²) in [5.74, 6) is 0.762. The standard InChI is InChI=1S/C16H17BrN2O2/c1-21-16(20)11-5-7-12(9-11)18-14-8-6-10-3-2-4-13(17)15(10)19-14/h2-4,6,8,11-12H,5,7,9H2,1H3,(H,18,19)/t11-,12+/m0/s1. The van der Waals surface area contributed by atoms with Crippen LogP contribution in [-0.4, -0.2) is 24.1 Å². The summed E-state index contributed by atoms with van der Waals surface area (Å²) in [7, 11) is 1.45. The molecule has 1 N–H and O–H groups in total. The lowest BCUT2D eigenvalue weighted by Gasteiger charge is -2.14. The van der Waals surface area contributed by atoms with Crippen molar-refractivity contribution >= 4 is 38.6 Å². The van der Waals surface area contributed by atoms with Crippen molar-refractivity contribution in [3.8, 4) is 0 Å². The molecule has 4 nitrogen and oxygen atoms in total. The maximum atomic E-state index is 11.6. The van der Waals surface area contributed by atoms with Crippen molar-refractivity contribution in [2.45, 2.75) is 25.3 Å². The van der Waals surface area contributed by atoms with Crippen molar-refractivity contribution in [3.05, 3.63) is 34.8 Å². The Bertz CT molecular complexity index is 674. The molecule has 0 amide bonds. The fourth-order valence-electron chi connectivity index (χ4n) is 2.89. The predicted octanol–water partition coefficient (Wildman–Crippen LogP) is 3.75. The number of esters is 1. The number of methoxy groups -OCH3 is 1. The minimum absolute atomic E-state index is 0.0136. The van der Waals surface area contributed by atoms with Gasteiger partial charge in [0, 0.05) is 15.9 Å². The predicted molar refractivity (Wildman–Crippen MR) is 86.2 cm³/mol. The number of halogens is 1. The van der Waals surface area contributed by atoms with E-state index < -0.39 is 0 Å². The summed E-state index contributed by atoms with van der Waals surface area (Å²) in [4.78, 5) is 16.2. The first-order valence-electron chi connectivity index (χ1n) is 7.07. The van der Waals surface area contributed by atoms with Gasteiger partial charge in [-0.25, -0.2) is 4.98 Å². The highest BCUT2D eigenvalue weighted by Crippen LogP contribution is 2.29. The van der Waals surface area contributed by atoms with Crippen LogP contribution in [0.2, 0.25) is 0 Å². The van der Waals surface area contributed by atoms with Crippen LogP contribution in [0.5, 0.6) is 0 Å². The van der Waals surface area contributed by atoms with Crippen molar-refractivity contribution < 1.29 is 9.53 Å². The van der Waals surface area contributed by atoms with Crippen LogP contribution in [0.3, 0.4) is 0 Å². The number of pyridine rings is 1. The Morgan fingerprint density at radius 2 is 2.19 bits per heavy atom. The smallest absolute Gasteiger partial charge is 0.308 e. The zero-order chi connectivity index (χ0) is 14.8. The van der Waals surface area contributed by atoms with E-state index in [1.165, 1.54) is 7.11 Å². The van der Waals surface area contributed by atoms with Crippen molar-refractivity contribution in [2.75, 3.05) is 12.4 Å². The van der Waals surface area contributed by atoms with Gasteiger partial charge in [-0.3, -0.25) is 4.79 Å². The van der Waals surface area contributed by atoms with Gasteiger partial charge in [-0.2, -0.15) is 0 Å². The molecule has 3 rings (SSSR count). The van der Waals surface area contributed by atoms with Gasteiger partial charge in [0.15, 0.2) is 0 Å². The Kier molecular flexibility index (Phi) is 4.10. The van der Waals surface area contributed by atoms with E-state index >= 15 is 0 Å². The molecule has 1 aromatic heterocycles. The molecule has 0 unspecified atom stereocenters. The van der Waals surface area contributed by atoms with Gasteiger partial charge < -0.3 is 10.1 Å². The second kappa shape index (κ2) is 6.02. The third-order valence-corrected chi connectivity index (χ3v) is 4.63. The van der Waals surface area contributed by atoms with E-state index in [-0.39, 0.29) is 17.9 Å². The lowest BCUT2D eigenvalue weighted by molar-refractivity contribution is -0.145. The van der Waals surface area contributed by atoms with Crippen LogP contribution >= 0.6 is 15.9 Å². The van der Waals surface area contributed by atoms with E-state index in [2.05, 4.69) is 32.3 Å². The number of rotatable bonds is 3. The average Bonchev–Trinajstić information content (AvgIpc) is 2.96. The third kappa shape index (κ3) is 3.02. The lowest BCUT2D eigenvalue weighted by atomic mass is 10.1. The minimum atomic E-state index is -0.103. The van der Waals surface area contributed by atoms with Crippen LogP contribution in [0.15, 0.2) is 34.8 Å². The van der Waals surface area contributed by atoms with Crippen molar-refractivity contribution in [2.24, 2.45) is 5.92 Å². The average molecular weight is 349 g/mol. The van der Waals surface area contributed by atoms with E-state index in [0.29, 0.717) is 0 Å². The first-order chi connectivity index (χ1) is 10.2. The molecule has 110 valence electrons. The molecular formula is C16H17BrN2O2. The number of carbonyl (C=O) groups excluding carboxylic acids is 1. The quantitative estimate of drug-likeness (QED) is 0.858. The highest BCUT2D eigenvalue weighted by atomic mass is 79.9. The first-order valence-corrected chi connectivity index (χ1v) is 7.86. The Balaban J connectivity index is 1.74. The summed E-state index contributed by atoms with van der Waals surface area (Å²) in [5.41, 5.74) is 0.949. The van der Waals surface area contributed by atoms with E-state index in [1.54, 1.807) is 0 Å². The number of hydrogen-bond donors (Lipinski definition) is 1. The fraction of sp³-hybridized carbons (Fsp3) is 0.375. The molecule has 1 aromatic carbocycles. The van der Waals surface area contributed by atoms with Gasteiger partial charge in [-0.1, -0.05) is 12.1 Å². The summed E-state index contributed by atoms with van der Waals surface area (Å²) < 4.78 is 5.81. The van der Waals surface area contributed by atoms with Gasteiger partial charge >= 0.3 is 5.97 Å². The van der Waals surface area contributed by atoms with Crippen LogP contribution in [-0.2, 0) is 9.53 Å². The SMILES string of the molecule is COC(=O)[C@H]1CC[C@@H](Nc2ccc3cccc(Br)c3n2)C1. The molecule has 1 aliphatic carbocycles. The number of ether oxygens (including phenoxy) is 1. The highest BCUT2D eigenvalue weighted by Gasteiger charge is 2.30. The molecule has 2 aromatic rings. The molecule has 0 radical (unpaired) electrons. The normalized spacial score (nSPS) is 21.4. The van der Waals surface area contributed by atoms with Crippen LogP contribution in [0, 0.1) is 5.92 Å². The van der Waals surface area contributed by atoms with Crippen LogP contribution in [0.4, 0.5) is 5.82 Å². The number of nitrogens with one attached hydrogen (secondary N) is 1. The zero-order valence-electron chi connectivity index (χ0n) is 11.8. The molecule has 0 spiro atoms. The molecule has 0 saturated heterocycles. The highest BCUT2D eigenvalue weighted by molar-refractivity contribution is 9.10. The second-order valence-corrected chi connectivity index (χ2v) is 6.24. The number of benzene rings is 1. The van der Waals surface area contributed by atoms with Gasteiger partial charge in [0.25, 0.3) is 0 Å². The summed E-state index contributed by atoms with van der Waals surface area (Å²) >= 11 is 3.53. The molecule has 0 bridgehead atoms. The number of carbonyl (C=O) groups is 1. The summed E-state index contributed by atoms with van der Waals surface area (Å²) in [5, 5.41) is 4.53. The summed E-state index contributed by atoms with van der Waals surface area (Å²) in [6, 6.07) is 10.4. The van der Waals surface area contributed by atoms with Crippen molar-refractivity contribution in [1.29, 1.82) is 0 Å². The van der Waals surface area contributed by atoms with Gasteiger partial charge in [0.2, 0.25) is 0 Å². The van der Waals surface area contributed by atoms with E-state index in [1.807, 2.05) is 24.3 Å². The molecule has 1 aliphatic rings. The number of nitrogens with zero attached hydrogens (tertiary/aromatic N) is 1. The number of anilines is 1. The lowest BCUT2D eigenvalue weighted by Crippen LogP contribution is -2.19. The van der Waals surface area contributed by atoms with Gasteiger partial charge in [0.05, 0.1) is 18.5 Å². The monoisotopic (exact) mass is 348 g/mol. The van der Waals surface area contributed by atoms with Gasteiger partial charge in [-0.15, -0.1) is 0 Å². The molecule has 0 aliphatic heterocycles. The largest absolute Gasteiger partial charge is 0.469 e. The molecule has 1 fully saturated rings. The summed E-state index contributed by atoms with van der Waals surface area (Å²) in [6.07, 6.45) is 2.65. The molecule has 5 heteroatoms. The van der Waals surface area contributed by atoms with Crippen molar-refractivity contribution in [3.63, 3.8) is 0 Å². The van der Waals surface area contributed by atoms with Crippen LogP contribution in [0.25, 0.3) is 10.9 Å². The Morgan fingerprint density at radius 1 is 1.33 bits per heavy atom. The van der Waals surface area contributed by atoms with Crippen LogP contribution in [0.1, 0.15) is 19.3 Å². The zero-order valence-corrected chi connectivity index (χ0v) is 13.4. The molecule has 21 heavy (non-hydrogen) atoms. The number of fused-ring (bicyclic) bond motifs is 1. The Hall–Kier alpha value is -1.62. The molecule has 1 saturated carbocycles. The molecule has 1 heterocycles. The molecular weight excluding hydrogens is 332 g/mol. The van der Waals surface area contributed by atoms with E-state index in [0.717, 1.165) is 40.5 Å². The number of hydrogen-bond acceptors (Lipinski definition) is 4. The fourth-order valence-corrected chi connectivity index (χ4v) is 3.36. The van der Waals surface area contributed by atoms with Crippen molar-refractivity contribution in [1.82, 2.24) is 4.98 Å². The third-order valence-electron chi connectivity index (χ3n) is 3.99. The maximum Gasteiger partial charge on any atom is 0.308 e. The topological polar surface area (TPSA) is 51.2 Å². The van der Waals surface area contributed by atoms with E-state index in [4.69, 9.17) is 4.74 Å². The van der Waals surface area contributed by atoms with Gasteiger partial charge in [-0.05, 0) is 53.4 Å². The Labute approximate surface area is 132 Å². The number of para-hydroxylation sites is 1. The first kappa shape index (κ1) is 14.3. The van der Waals surface area contributed by atoms with E-state index in [9.17, 15) is 4.79 Å². The minimum Gasteiger partial charge on any atom is -0.469 e. The Morgan fingerprint density at radius 3 is 3.00 bits per heavy atom. The second-order valence-electron chi connectivity index (χ2n) is 5.38. The van der Waals surface area contributed by atoms with Gasteiger partial charge in [0.1, 0.15) is 5.82 Å². The maximum absolute atomic E-state index is 11.6. The summed E-state index contributed by atoms with van der Waals surface area (Å²) in [6.45, 7) is 0.